The zero-order chi connectivity index (χ0) is 14.6. The largest absolute Gasteiger partial charge is 1.00 e. The van der Waals surface area contributed by atoms with Crippen LogP contribution in [-0.4, -0.2) is 28.2 Å². The zero-order valence-corrected chi connectivity index (χ0v) is 16.5. The SMILES string of the molecule is C#CC[N+](CCCCC)(CCCCC)C(I)CCC.[Cl-]. The van der Waals surface area contributed by atoms with Gasteiger partial charge in [0.1, 0.15) is 10.6 Å². The van der Waals surface area contributed by atoms with Gasteiger partial charge in [0.05, 0.1) is 13.1 Å². The highest BCUT2D eigenvalue weighted by atomic mass is 127. The Bertz CT molecular complexity index is 240. The van der Waals surface area contributed by atoms with Gasteiger partial charge in [-0.15, -0.1) is 6.42 Å². The third-order valence-corrected chi connectivity index (χ3v) is 5.75. The second-order valence-corrected chi connectivity index (χ2v) is 7.10. The summed E-state index contributed by atoms with van der Waals surface area (Å²) in [4.78, 5) is 0. The minimum atomic E-state index is 0. The summed E-state index contributed by atoms with van der Waals surface area (Å²) in [5.41, 5.74) is 0. The fourth-order valence-corrected chi connectivity index (χ4v) is 4.07. The molecule has 0 radical (unpaired) electrons. The third kappa shape index (κ3) is 8.74. The van der Waals surface area contributed by atoms with Gasteiger partial charge in [-0.05, 0) is 60.6 Å². The molecule has 0 N–H and O–H groups in total. The molecule has 0 aromatic rings. The molecule has 0 fully saturated rings. The number of nitrogens with zero attached hydrogens (tertiary/aromatic N) is 1. The highest BCUT2D eigenvalue weighted by Crippen LogP contribution is 2.26. The predicted molar refractivity (Wildman–Crippen MR) is 95.5 cm³/mol. The Morgan fingerprint density at radius 1 is 0.950 bits per heavy atom. The first-order valence-electron chi connectivity index (χ1n) is 8.10. The Kier molecular flexibility index (Phi) is 16.5. The number of halogens is 2. The number of hydrogen-bond acceptors (Lipinski definition) is 0. The van der Waals surface area contributed by atoms with Crippen LogP contribution in [-0.2, 0) is 0 Å². The van der Waals surface area contributed by atoms with E-state index in [0.29, 0.717) is 4.05 Å². The fourth-order valence-electron chi connectivity index (χ4n) is 2.70. The van der Waals surface area contributed by atoms with Crippen LogP contribution in [0.3, 0.4) is 0 Å². The average molecular weight is 414 g/mol. The highest BCUT2D eigenvalue weighted by Gasteiger charge is 2.32. The maximum atomic E-state index is 5.69. The van der Waals surface area contributed by atoms with Crippen molar-refractivity contribution in [3.8, 4) is 12.3 Å². The molecule has 1 unspecified atom stereocenters. The van der Waals surface area contributed by atoms with Gasteiger partial charge in [0.25, 0.3) is 0 Å². The van der Waals surface area contributed by atoms with Gasteiger partial charge in [0.15, 0.2) is 0 Å². The van der Waals surface area contributed by atoms with Gasteiger partial charge in [-0.25, -0.2) is 0 Å². The molecule has 0 aliphatic rings. The second-order valence-electron chi connectivity index (χ2n) is 5.67. The van der Waals surface area contributed by atoms with E-state index in [1.807, 2.05) is 0 Å². The van der Waals surface area contributed by atoms with E-state index in [9.17, 15) is 0 Å². The lowest BCUT2D eigenvalue weighted by atomic mass is 10.1. The van der Waals surface area contributed by atoms with Crippen molar-refractivity contribution in [3.63, 3.8) is 0 Å². The molecule has 0 aliphatic carbocycles. The summed E-state index contributed by atoms with van der Waals surface area (Å²) < 4.78 is 1.85. The maximum absolute atomic E-state index is 5.69. The molecule has 0 aliphatic heterocycles. The van der Waals surface area contributed by atoms with Gasteiger partial charge in [0.2, 0.25) is 0 Å². The van der Waals surface area contributed by atoms with Gasteiger partial charge in [-0.2, -0.15) is 0 Å². The average Bonchev–Trinajstić information content (AvgIpc) is 2.39. The summed E-state index contributed by atoms with van der Waals surface area (Å²) >= 11 is 2.66. The normalized spacial score (nSPS) is 12.6. The van der Waals surface area contributed by atoms with Crippen LogP contribution in [0.4, 0.5) is 0 Å². The van der Waals surface area contributed by atoms with Crippen LogP contribution in [0, 0.1) is 12.3 Å². The second kappa shape index (κ2) is 14.5. The minimum absolute atomic E-state index is 0. The molecule has 120 valence electrons. The molecule has 0 spiro atoms. The van der Waals surface area contributed by atoms with Gasteiger partial charge in [-0.1, -0.05) is 33.6 Å². The number of rotatable bonds is 12. The summed E-state index contributed by atoms with van der Waals surface area (Å²) in [7, 11) is 0. The zero-order valence-electron chi connectivity index (χ0n) is 13.6. The quantitative estimate of drug-likeness (QED) is 0.115. The van der Waals surface area contributed by atoms with Crippen LogP contribution >= 0.6 is 22.6 Å². The van der Waals surface area contributed by atoms with Gasteiger partial charge in [0, 0.05) is 6.42 Å². The van der Waals surface area contributed by atoms with Crippen molar-refractivity contribution in [2.24, 2.45) is 0 Å². The van der Waals surface area contributed by atoms with Gasteiger partial charge in [-0.3, -0.25) is 0 Å². The van der Waals surface area contributed by atoms with Crippen LogP contribution in [0.25, 0.3) is 0 Å². The molecule has 1 nitrogen and oxygen atoms in total. The minimum Gasteiger partial charge on any atom is -1.00 e. The number of alkyl halides is 1. The lowest BCUT2D eigenvalue weighted by molar-refractivity contribution is -0.928. The van der Waals surface area contributed by atoms with E-state index in [1.54, 1.807) is 0 Å². The Hall–Kier alpha value is 0.540. The van der Waals surface area contributed by atoms with Crippen molar-refractivity contribution in [1.82, 2.24) is 0 Å². The topological polar surface area (TPSA) is 0 Å². The van der Waals surface area contributed by atoms with E-state index in [4.69, 9.17) is 6.42 Å². The van der Waals surface area contributed by atoms with E-state index in [-0.39, 0.29) is 12.4 Å². The standard InChI is InChI=1S/C17H33IN.ClH/c1-5-9-11-15-19(14-8-4,16-12-10-6-2)17(18)13-7-3;/h4,17H,5-7,9-16H2,1-3H3;1H/q+1;/p-1. The predicted octanol–water partition coefficient (Wildman–Crippen LogP) is 2.38. The molecular formula is C17H33ClIN. The maximum Gasteiger partial charge on any atom is 0.141 e. The first-order valence-corrected chi connectivity index (χ1v) is 9.34. The number of terminal acetylenes is 1. The third-order valence-electron chi connectivity index (χ3n) is 3.94. The van der Waals surface area contributed by atoms with Crippen molar-refractivity contribution in [3.05, 3.63) is 0 Å². The Morgan fingerprint density at radius 2 is 1.45 bits per heavy atom. The van der Waals surface area contributed by atoms with Crippen molar-refractivity contribution < 1.29 is 16.9 Å². The Balaban J connectivity index is 0. The van der Waals surface area contributed by atoms with Gasteiger partial charge < -0.3 is 16.9 Å². The smallest absolute Gasteiger partial charge is 0.141 e. The summed E-state index contributed by atoms with van der Waals surface area (Å²) in [6, 6.07) is 0. The summed E-state index contributed by atoms with van der Waals surface area (Å²) in [6.07, 6.45) is 16.2. The Labute approximate surface area is 147 Å². The summed E-state index contributed by atoms with van der Waals surface area (Å²) in [5.74, 6) is 2.97. The first-order chi connectivity index (χ1) is 9.16. The molecule has 1 atom stereocenters. The monoisotopic (exact) mass is 413 g/mol. The number of quaternary nitrogens is 1. The first kappa shape index (κ1) is 22.8. The molecule has 0 aromatic carbocycles. The van der Waals surface area contributed by atoms with E-state index in [2.05, 4.69) is 49.3 Å². The fraction of sp³-hybridized carbons (Fsp3) is 0.882. The van der Waals surface area contributed by atoms with Crippen molar-refractivity contribution in [2.45, 2.75) is 76.2 Å². The molecule has 0 saturated heterocycles. The van der Waals surface area contributed by atoms with Crippen molar-refractivity contribution >= 4 is 22.6 Å². The molecule has 20 heavy (non-hydrogen) atoms. The molecule has 0 aromatic heterocycles. The molecular weight excluding hydrogens is 381 g/mol. The molecule has 3 heteroatoms. The van der Waals surface area contributed by atoms with Crippen LogP contribution in [0.5, 0.6) is 0 Å². The highest BCUT2D eigenvalue weighted by molar-refractivity contribution is 14.1. The van der Waals surface area contributed by atoms with Crippen molar-refractivity contribution in [1.29, 1.82) is 0 Å². The lowest BCUT2D eigenvalue weighted by Crippen LogP contribution is -3.00. The van der Waals surface area contributed by atoms with E-state index < -0.39 is 0 Å². The molecule has 0 heterocycles. The molecule has 0 saturated carbocycles. The van der Waals surface area contributed by atoms with E-state index in [1.165, 1.54) is 64.5 Å². The van der Waals surface area contributed by atoms with E-state index in [0.717, 1.165) is 11.0 Å². The molecule has 0 rings (SSSR count). The van der Waals surface area contributed by atoms with Crippen LogP contribution in [0.2, 0.25) is 0 Å². The molecule has 0 bridgehead atoms. The lowest BCUT2D eigenvalue weighted by Gasteiger charge is -2.41. The van der Waals surface area contributed by atoms with Crippen LogP contribution in [0.1, 0.15) is 72.1 Å². The number of hydrogen-bond donors (Lipinski definition) is 0. The van der Waals surface area contributed by atoms with Crippen LogP contribution < -0.4 is 12.4 Å². The summed E-state index contributed by atoms with van der Waals surface area (Å²) in [6.45, 7) is 10.3. The van der Waals surface area contributed by atoms with Crippen molar-refractivity contribution in [2.75, 3.05) is 19.6 Å². The van der Waals surface area contributed by atoms with Gasteiger partial charge >= 0.3 is 0 Å². The van der Waals surface area contributed by atoms with E-state index >= 15 is 0 Å². The van der Waals surface area contributed by atoms with Crippen LogP contribution in [0.15, 0.2) is 0 Å². The molecule has 0 amide bonds. The summed E-state index contributed by atoms with van der Waals surface area (Å²) in [5, 5.41) is 0. The number of unbranched alkanes of at least 4 members (excludes halogenated alkanes) is 4. The Morgan fingerprint density at radius 3 is 1.80 bits per heavy atom.